The van der Waals surface area contributed by atoms with Gasteiger partial charge in [0, 0.05) is 34.9 Å². The molecule has 1 aromatic heterocycles. The molecule has 0 saturated carbocycles. The van der Waals surface area contributed by atoms with E-state index in [9.17, 15) is 0 Å². The normalized spacial score (nSPS) is 27.0. The van der Waals surface area contributed by atoms with Crippen LogP contribution in [0.25, 0.3) is 0 Å². The summed E-state index contributed by atoms with van der Waals surface area (Å²) in [6.45, 7) is -3.44. The fourth-order valence-electron chi connectivity index (χ4n) is 2.94. The van der Waals surface area contributed by atoms with Crippen LogP contribution in [0.15, 0.2) is 42.6 Å². The maximum Gasteiger partial charge on any atom is 0.132 e. The van der Waals surface area contributed by atoms with Gasteiger partial charge in [-0.3, -0.25) is 0 Å². The van der Waals surface area contributed by atoms with E-state index in [-0.39, 0.29) is 31.4 Å². The lowest BCUT2D eigenvalue weighted by atomic mass is 9.96. The molecule has 2 aliphatic rings. The van der Waals surface area contributed by atoms with Crippen molar-refractivity contribution in [1.29, 1.82) is 0 Å². The number of likely N-dealkylation sites (N-methyl/N-ethyl adjacent to an activating group) is 1. The van der Waals surface area contributed by atoms with Crippen LogP contribution in [-0.2, 0) is 6.42 Å². The highest BCUT2D eigenvalue weighted by Gasteiger charge is 2.32. The van der Waals surface area contributed by atoms with Crippen LogP contribution >= 0.6 is 24.8 Å². The van der Waals surface area contributed by atoms with Crippen molar-refractivity contribution in [2.24, 2.45) is 0 Å². The molecule has 22 heavy (non-hydrogen) atoms. The Labute approximate surface area is 149 Å². The largest absolute Gasteiger partial charge is 0.347 e. The topological polar surface area (TPSA) is 19.4 Å². The zero-order valence-electron chi connectivity index (χ0n) is 16.2. The minimum absolute atomic E-state index is 0. The Bertz CT molecular complexity index is 803. The van der Waals surface area contributed by atoms with Gasteiger partial charge >= 0.3 is 0 Å². The Hall–Kier alpha value is -1.29. The molecule has 1 atom stereocenters. The molecule has 2 aliphatic heterocycles. The quantitative estimate of drug-likeness (QED) is 0.732. The highest BCUT2D eigenvalue weighted by atomic mass is 35.5. The van der Waals surface area contributed by atoms with Crippen molar-refractivity contribution < 1.29 is 5.48 Å². The predicted octanol–water partition coefficient (Wildman–Crippen LogP) is 3.32. The summed E-state index contributed by atoms with van der Waals surface area (Å²) in [6.07, 6.45) is 2.28. The smallest absolute Gasteiger partial charge is 0.132 e. The third kappa shape index (κ3) is 2.81. The number of halogens is 2. The third-order valence-corrected chi connectivity index (χ3v) is 3.91. The molecule has 0 N–H and O–H groups in total. The van der Waals surface area contributed by atoms with Crippen molar-refractivity contribution in [2.45, 2.75) is 12.5 Å². The number of anilines is 1. The first-order valence-electron chi connectivity index (χ1n) is 8.84. The van der Waals surface area contributed by atoms with E-state index in [1.165, 1.54) is 4.90 Å². The first-order valence-corrected chi connectivity index (χ1v) is 6.84. The van der Waals surface area contributed by atoms with E-state index >= 15 is 0 Å². The van der Waals surface area contributed by atoms with Gasteiger partial charge in [-0.2, -0.15) is 0 Å². The summed E-state index contributed by atoms with van der Waals surface area (Å²) in [5, 5.41) is 0. The number of aromatic nitrogens is 1. The lowest BCUT2D eigenvalue weighted by molar-refractivity contribution is 0.268. The van der Waals surface area contributed by atoms with E-state index in [1.54, 1.807) is 18.1 Å². The van der Waals surface area contributed by atoms with Crippen LogP contribution in [0.3, 0.4) is 0 Å². The van der Waals surface area contributed by atoms with Crippen molar-refractivity contribution >= 4 is 30.6 Å². The van der Waals surface area contributed by atoms with Gasteiger partial charge in [-0.1, -0.05) is 30.3 Å². The predicted molar refractivity (Wildman–Crippen MR) is 95.6 cm³/mol. The molecule has 4 rings (SSSR count). The van der Waals surface area contributed by atoms with Crippen LogP contribution in [0.5, 0.6) is 0 Å². The summed E-state index contributed by atoms with van der Waals surface area (Å²) in [4.78, 5) is 7.45. The van der Waals surface area contributed by atoms with E-state index in [0.29, 0.717) is 12.2 Å². The average molecular weight is 342 g/mol. The number of pyridine rings is 1. The molecule has 0 radical (unpaired) electrons. The van der Waals surface area contributed by atoms with Gasteiger partial charge < -0.3 is 9.80 Å². The first-order chi connectivity index (χ1) is 11.3. The summed E-state index contributed by atoms with van der Waals surface area (Å²) < 4.78 is 34.5. The number of rotatable bonds is 0. The summed E-state index contributed by atoms with van der Waals surface area (Å²) in [5.41, 5.74) is 2.78. The van der Waals surface area contributed by atoms with Crippen molar-refractivity contribution in [2.75, 3.05) is 31.5 Å². The summed E-state index contributed by atoms with van der Waals surface area (Å²) >= 11 is 0. The molecule has 0 bridgehead atoms. The molecule has 118 valence electrons. The summed E-state index contributed by atoms with van der Waals surface area (Å²) in [6, 6.07) is 10.8. The van der Waals surface area contributed by atoms with E-state index in [2.05, 4.69) is 4.98 Å². The molecule has 3 nitrogen and oxygen atoms in total. The Morgan fingerprint density at radius 2 is 1.91 bits per heavy atom. The van der Waals surface area contributed by atoms with E-state index in [1.807, 2.05) is 36.4 Å². The minimum atomic E-state index is -1.72. The highest BCUT2D eigenvalue weighted by Crippen LogP contribution is 2.37. The van der Waals surface area contributed by atoms with E-state index < -0.39 is 19.0 Å². The van der Waals surface area contributed by atoms with Gasteiger partial charge in [-0.05, 0) is 29.8 Å². The minimum Gasteiger partial charge on any atom is -0.347 e. The molecule has 2 aromatic rings. The van der Waals surface area contributed by atoms with E-state index in [0.717, 1.165) is 16.7 Å². The number of benzene rings is 1. The molecule has 1 fully saturated rings. The van der Waals surface area contributed by atoms with Crippen LogP contribution in [0.2, 0.25) is 0 Å². The second-order valence-corrected chi connectivity index (χ2v) is 5.28. The lowest BCUT2D eigenvalue weighted by Gasteiger charge is -2.41. The fourth-order valence-corrected chi connectivity index (χ4v) is 2.94. The summed E-state index contributed by atoms with van der Waals surface area (Å²) in [7, 11) is 1.64. The van der Waals surface area contributed by atoms with E-state index in [4.69, 9.17) is 5.48 Å². The number of nitrogens with zero attached hydrogens (tertiary/aromatic N) is 3. The maximum absolute atomic E-state index is 8.66. The molecule has 0 amide bonds. The molecule has 0 aliphatic carbocycles. The number of piperazine rings is 1. The molecule has 5 heteroatoms. The molecular weight excluding hydrogens is 317 g/mol. The second-order valence-electron chi connectivity index (χ2n) is 5.28. The van der Waals surface area contributed by atoms with Crippen LogP contribution in [0.1, 0.15) is 28.2 Å². The second kappa shape index (κ2) is 6.86. The molecule has 1 saturated heterocycles. The van der Waals surface area contributed by atoms with Crippen LogP contribution in [0, 0.1) is 0 Å². The Balaban J connectivity index is 0.00000121. The van der Waals surface area contributed by atoms with Gasteiger partial charge in [0.2, 0.25) is 0 Å². The zero-order valence-corrected chi connectivity index (χ0v) is 13.8. The maximum atomic E-state index is 8.66. The molecular formula is C17H21Cl2N3. The SMILES string of the molecule is Cl.Cl.[2H]C1([2H])CN(C)C([2H])([2H])C2c3ccccc3Cc3cccnc3N21. The number of hydrogen-bond acceptors (Lipinski definition) is 3. The van der Waals surface area contributed by atoms with Gasteiger partial charge in [-0.25, -0.2) is 4.98 Å². The van der Waals surface area contributed by atoms with Crippen molar-refractivity contribution in [3.8, 4) is 0 Å². The Morgan fingerprint density at radius 1 is 1.14 bits per heavy atom. The van der Waals surface area contributed by atoms with Gasteiger partial charge in [0.05, 0.1) is 8.78 Å². The third-order valence-electron chi connectivity index (χ3n) is 3.91. The molecule has 0 spiro atoms. The summed E-state index contributed by atoms with van der Waals surface area (Å²) in [5.74, 6) is 0.542. The molecule has 1 unspecified atom stereocenters. The standard InChI is InChI=1S/C17H19N3.2ClH/c1-19-9-10-20-16(12-19)15-7-3-2-5-13(15)11-14-6-4-8-18-17(14)20;;/h2-8,16H,9-12H2,1H3;2*1H/i10D2,12D2;;. The van der Waals surface area contributed by atoms with Crippen LogP contribution in [0.4, 0.5) is 5.82 Å². The number of fused-ring (bicyclic) bond motifs is 5. The number of hydrogen-bond donors (Lipinski definition) is 0. The fraction of sp³-hybridized carbons (Fsp3) is 0.353. The van der Waals surface area contributed by atoms with Crippen molar-refractivity contribution in [1.82, 2.24) is 9.88 Å². The Morgan fingerprint density at radius 3 is 2.77 bits per heavy atom. The van der Waals surface area contributed by atoms with Crippen molar-refractivity contribution in [3.05, 3.63) is 59.3 Å². The van der Waals surface area contributed by atoms with Gasteiger partial charge in [0.1, 0.15) is 5.82 Å². The first kappa shape index (κ1) is 12.2. The monoisotopic (exact) mass is 341 g/mol. The molecule has 3 heterocycles. The lowest BCUT2D eigenvalue weighted by Crippen LogP contribution is -2.47. The average Bonchev–Trinajstić information content (AvgIpc) is 2.68. The van der Waals surface area contributed by atoms with Crippen LogP contribution < -0.4 is 4.90 Å². The molecule has 1 aromatic carbocycles. The van der Waals surface area contributed by atoms with Gasteiger partial charge in [-0.15, -0.1) is 24.8 Å². The van der Waals surface area contributed by atoms with Crippen LogP contribution in [-0.4, -0.2) is 36.5 Å². The van der Waals surface area contributed by atoms with Crippen molar-refractivity contribution in [3.63, 3.8) is 0 Å². The Kier molecular flexibility index (Phi) is 3.80. The highest BCUT2D eigenvalue weighted by molar-refractivity contribution is 5.85. The zero-order chi connectivity index (χ0) is 17.1. The van der Waals surface area contributed by atoms with Gasteiger partial charge in [0.15, 0.2) is 0 Å². The van der Waals surface area contributed by atoms with Gasteiger partial charge in [0.25, 0.3) is 0 Å².